The van der Waals surface area contributed by atoms with Gasteiger partial charge in [-0.2, -0.15) is 0 Å². The standard InChI is InChI=1S/C20H24ClN3O3/c1-11-5-14(8-16(11)25)27-19-9-18(22-10-23-19)24-20-15-4-3-13(21)6-12(15)7-17(20)26-2/h3-4,6,9-11,14,16-17,20,25H,5,7-8H2,1-2H3,(H,22,23,24)/t11-,14+,16+,17+,20+/m0/s1. The molecule has 27 heavy (non-hydrogen) atoms. The molecule has 1 fully saturated rings. The Balaban J connectivity index is 1.50. The van der Waals surface area contributed by atoms with Crippen LogP contribution in [-0.4, -0.2) is 40.5 Å². The number of methoxy groups -OCH3 is 1. The van der Waals surface area contributed by atoms with E-state index in [9.17, 15) is 5.11 Å². The molecule has 0 bridgehead atoms. The molecule has 2 aliphatic carbocycles. The molecule has 6 nitrogen and oxygen atoms in total. The Morgan fingerprint density at radius 1 is 1.22 bits per heavy atom. The molecule has 7 heteroatoms. The summed E-state index contributed by atoms with van der Waals surface area (Å²) in [5.74, 6) is 1.45. The van der Waals surface area contributed by atoms with E-state index in [0.717, 1.165) is 17.9 Å². The number of nitrogens with zero attached hydrogens (tertiary/aromatic N) is 2. The number of aromatic nitrogens is 2. The van der Waals surface area contributed by atoms with E-state index < -0.39 is 0 Å². The van der Waals surface area contributed by atoms with Crippen LogP contribution in [0.2, 0.25) is 5.02 Å². The van der Waals surface area contributed by atoms with Gasteiger partial charge in [0.15, 0.2) is 0 Å². The van der Waals surface area contributed by atoms with Crippen molar-refractivity contribution in [3.8, 4) is 5.88 Å². The molecule has 4 rings (SSSR count). The van der Waals surface area contributed by atoms with Crippen LogP contribution in [0.25, 0.3) is 0 Å². The maximum absolute atomic E-state index is 9.91. The molecule has 5 atom stereocenters. The Hall–Kier alpha value is -1.89. The van der Waals surface area contributed by atoms with Crippen molar-refractivity contribution in [3.63, 3.8) is 0 Å². The Labute approximate surface area is 163 Å². The van der Waals surface area contributed by atoms with Crippen molar-refractivity contribution in [2.75, 3.05) is 12.4 Å². The SMILES string of the molecule is CO[C@@H]1Cc2cc(Cl)ccc2[C@H]1Nc1cc(O[C@H]2C[C@@H](O)[C@@H](C)C2)ncn1. The predicted molar refractivity (Wildman–Crippen MR) is 103 cm³/mol. The molecular weight excluding hydrogens is 366 g/mol. The molecule has 2 aromatic rings. The van der Waals surface area contributed by atoms with Gasteiger partial charge in [0.05, 0.1) is 18.2 Å². The van der Waals surface area contributed by atoms with Crippen LogP contribution < -0.4 is 10.1 Å². The number of nitrogens with one attached hydrogen (secondary N) is 1. The molecule has 1 heterocycles. The van der Waals surface area contributed by atoms with Crippen LogP contribution in [0, 0.1) is 5.92 Å². The number of benzene rings is 1. The van der Waals surface area contributed by atoms with E-state index in [1.165, 1.54) is 17.5 Å². The summed E-state index contributed by atoms with van der Waals surface area (Å²) in [6, 6.07) is 7.71. The highest BCUT2D eigenvalue weighted by molar-refractivity contribution is 6.30. The van der Waals surface area contributed by atoms with E-state index in [1.807, 2.05) is 25.1 Å². The van der Waals surface area contributed by atoms with E-state index in [1.54, 1.807) is 13.2 Å². The van der Waals surface area contributed by atoms with Gasteiger partial charge in [-0.05, 0) is 35.6 Å². The number of anilines is 1. The van der Waals surface area contributed by atoms with Crippen molar-refractivity contribution in [1.29, 1.82) is 0 Å². The van der Waals surface area contributed by atoms with Crippen molar-refractivity contribution in [2.45, 2.75) is 50.5 Å². The lowest BCUT2D eigenvalue weighted by atomic mass is 10.1. The van der Waals surface area contributed by atoms with Gasteiger partial charge in [-0.25, -0.2) is 9.97 Å². The van der Waals surface area contributed by atoms with Crippen LogP contribution in [0.3, 0.4) is 0 Å². The van der Waals surface area contributed by atoms with Gasteiger partial charge in [0.2, 0.25) is 5.88 Å². The number of halogens is 1. The van der Waals surface area contributed by atoms with Gasteiger partial charge in [0.25, 0.3) is 0 Å². The lowest BCUT2D eigenvalue weighted by molar-refractivity contribution is 0.0959. The molecule has 0 spiro atoms. The highest BCUT2D eigenvalue weighted by atomic mass is 35.5. The van der Waals surface area contributed by atoms with E-state index >= 15 is 0 Å². The normalized spacial score (nSPS) is 29.6. The number of fused-ring (bicyclic) bond motifs is 1. The Kier molecular flexibility index (Phi) is 5.21. The summed E-state index contributed by atoms with van der Waals surface area (Å²) in [5.41, 5.74) is 2.35. The molecule has 2 N–H and O–H groups in total. The topological polar surface area (TPSA) is 76.5 Å². The molecule has 144 valence electrons. The average Bonchev–Trinajstić information content (AvgIpc) is 3.14. The molecule has 0 radical (unpaired) electrons. The zero-order valence-corrected chi connectivity index (χ0v) is 16.2. The number of ether oxygens (including phenoxy) is 2. The predicted octanol–water partition coefficient (Wildman–Crippen LogP) is 3.39. The Morgan fingerprint density at radius 2 is 2.07 bits per heavy atom. The van der Waals surface area contributed by atoms with Crippen LogP contribution in [0.4, 0.5) is 5.82 Å². The summed E-state index contributed by atoms with van der Waals surface area (Å²) in [6.45, 7) is 2.04. The number of aliphatic hydroxyl groups excluding tert-OH is 1. The van der Waals surface area contributed by atoms with E-state index in [-0.39, 0.29) is 30.3 Å². The minimum absolute atomic E-state index is 0.00336. The van der Waals surface area contributed by atoms with Crippen molar-refractivity contribution in [3.05, 3.63) is 46.7 Å². The largest absolute Gasteiger partial charge is 0.474 e. The first-order chi connectivity index (χ1) is 13.0. The minimum atomic E-state index is -0.307. The summed E-state index contributed by atoms with van der Waals surface area (Å²) in [4.78, 5) is 8.55. The van der Waals surface area contributed by atoms with Gasteiger partial charge in [-0.1, -0.05) is 24.6 Å². The molecule has 1 aromatic heterocycles. The third-order valence-corrected chi connectivity index (χ3v) is 5.80. The summed E-state index contributed by atoms with van der Waals surface area (Å²) < 4.78 is 11.6. The summed E-state index contributed by atoms with van der Waals surface area (Å²) in [7, 11) is 1.72. The number of aliphatic hydroxyl groups is 1. The van der Waals surface area contributed by atoms with Crippen molar-refractivity contribution in [2.24, 2.45) is 5.92 Å². The first kappa shape index (κ1) is 18.5. The molecular formula is C20H24ClN3O3. The Morgan fingerprint density at radius 3 is 2.81 bits per heavy atom. The van der Waals surface area contributed by atoms with Gasteiger partial charge in [0, 0.05) is 31.0 Å². The zero-order chi connectivity index (χ0) is 19.0. The maximum Gasteiger partial charge on any atom is 0.218 e. The van der Waals surface area contributed by atoms with Crippen LogP contribution in [0.15, 0.2) is 30.6 Å². The molecule has 0 unspecified atom stereocenters. The highest BCUT2D eigenvalue weighted by Crippen LogP contribution is 2.37. The first-order valence-corrected chi connectivity index (χ1v) is 9.65. The second-order valence-corrected chi connectivity index (χ2v) is 7.88. The summed E-state index contributed by atoms with van der Waals surface area (Å²) in [5, 5.41) is 14.1. The minimum Gasteiger partial charge on any atom is -0.474 e. The maximum atomic E-state index is 9.91. The monoisotopic (exact) mass is 389 g/mol. The van der Waals surface area contributed by atoms with E-state index in [0.29, 0.717) is 18.1 Å². The van der Waals surface area contributed by atoms with Crippen LogP contribution in [0.5, 0.6) is 5.88 Å². The van der Waals surface area contributed by atoms with Crippen LogP contribution in [0.1, 0.15) is 36.9 Å². The lowest BCUT2D eigenvalue weighted by Crippen LogP contribution is -2.24. The van der Waals surface area contributed by atoms with Gasteiger partial charge in [-0.3, -0.25) is 0 Å². The van der Waals surface area contributed by atoms with Crippen molar-refractivity contribution >= 4 is 17.4 Å². The average molecular weight is 390 g/mol. The molecule has 0 saturated heterocycles. The molecule has 0 aliphatic heterocycles. The number of hydrogen-bond acceptors (Lipinski definition) is 6. The van der Waals surface area contributed by atoms with E-state index in [4.69, 9.17) is 21.1 Å². The highest BCUT2D eigenvalue weighted by Gasteiger charge is 2.34. The van der Waals surface area contributed by atoms with Gasteiger partial charge < -0.3 is 19.9 Å². The molecule has 1 aromatic carbocycles. The third-order valence-electron chi connectivity index (χ3n) is 5.56. The first-order valence-electron chi connectivity index (χ1n) is 9.28. The molecule has 2 aliphatic rings. The van der Waals surface area contributed by atoms with Crippen LogP contribution in [-0.2, 0) is 11.2 Å². The van der Waals surface area contributed by atoms with Gasteiger partial charge >= 0.3 is 0 Å². The fraction of sp³-hybridized carbons (Fsp3) is 0.500. The molecule has 0 amide bonds. The number of rotatable bonds is 5. The number of hydrogen-bond donors (Lipinski definition) is 2. The smallest absolute Gasteiger partial charge is 0.218 e. The molecule has 1 saturated carbocycles. The zero-order valence-electron chi connectivity index (χ0n) is 15.4. The van der Waals surface area contributed by atoms with Crippen LogP contribution >= 0.6 is 11.6 Å². The fourth-order valence-electron chi connectivity index (χ4n) is 4.06. The van der Waals surface area contributed by atoms with Gasteiger partial charge in [-0.15, -0.1) is 0 Å². The van der Waals surface area contributed by atoms with Gasteiger partial charge in [0.1, 0.15) is 18.2 Å². The van der Waals surface area contributed by atoms with Crippen molar-refractivity contribution in [1.82, 2.24) is 9.97 Å². The summed E-state index contributed by atoms with van der Waals surface area (Å²) >= 11 is 6.13. The second-order valence-electron chi connectivity index (χ2n) is 7.44. The lowest BCUT2D eigenvalue weighted by Gasteiger charge is -2.21. The Bertz CT molecular complexity index is 809. The fourth-order valence-corrected chi connectivity index (χ4v) is 4.25. The van der Waals surface area contributed by atoms with Crippen molar-refractivity contribution < 1.29 is 14.6 Å². The van der Waals surface area contributed by atoms with E-state index in [2.05, 4.69) is 15.3 Å². The second kappa shape index (κ2) is 7.62. The summed E-state index contributed by atoms with van der Waals surface area (Å²) in [6.07, 6.45) is 3.44. The quantitative estimate of drug-likeness (QED) is 0.816. The third kappa shape index (κ3) is 3.88.